The number of halogens is 1. The zero-order valence-electron chi connectivity index (χ0n) is 11.9. The molecule has 2 N–H and O–H groups in total. The first-order valence-corrected chi connectivity index (χ1v) is 7.21. The molecular formula is C15H21FN2O3. The first kappa shape index (κ1) is 15.6. The number of amides is 2. The molecule has 1 saturated heterocycles. The smallest absolute Gasteiger partial charge is 0.317 e. The van der Waals surface area contributed by atoms with Crippen LogP contribution in [-0.2, 0) is 0 Å². The average Bonchev–Trinajstić information content (AvgIpc) is 2.51. The second-order valence-electron chi connectivity index (χ2n) is 5.15. The number of carbonyl (C=O) groups is 1. The summed E-state index contributed by atoms with van der Waals surface area (Å²) >= 11 is 0. The lowest BCUT2D eigenvalue weighted by Gasteiger charge is -2.31. The SMILES string of the molecule is O=C(NCCOc1cccc(F)c1)N1CCC(CO)CC1. The van der Waals surface area contributed by atoms with Crippen molar-refractivity contribution in [3.63, 3.8) is 0 Å². The van der Waals surface area contributed by atoms with Gasteiger partial charge in [0.25, 0.3) is 0 Å². The second kappa shape index (κ2) is 7.83. The summed E-state index contributed by atoms with van der Waals surface area (Å²) in [6, 6.07) is 5.79. The number of nitrogens with one attached hydrogen (secondary N) is 1. The van der Waals surface area contributed by atoms with Crippen molar-refractivity contribution in [2.24, 2.45) is 5.92 Å². The van der Waals surface area contributed by atoms with Crippen molar-refractivity contribution in [3.05, 3.63) is 30.1 Å². The molecular weight excluding hydrogens is 275 g/mol. The summed E-state index contributed by atoms with van der Waals surface area (Å²) in [6.45, 7) is 2.19. The van der Waals surface area contributed by atoms with E-state index in [9.17, 15) is 9.18 Å². The number of hydrogen-bond acceptors (Lipinski definition) is 3. The summed E-state index contributed by atoms with van der Waals surface area (Å²) in [6.07, 6.45) is 1.67. The Balaban J connectivity index is 1.63. The molecule has 0 radical (unpaired) electrons. The van der Waals surface area contributed by atoms with E-state index >= 15 is 0 Å². The number of rotatable bonds is 5. The molecule has 2 amide bonds. The van der Waals surface area contributed by atoms with Crippen molar-refractivity contribution < 1.29 is 19.0 Å². The third-order valence-electron chi connectivity index (χ3n) is 3.60. The average molecular weight is 296 g/mol. The lowest BCUT2D eigenvalue weighted by atomic mass is 9.98. The molecule has 0 atom stereocenters. The van der Waals surface area contributed by atoms with Gasteiger partial charge in [-0.2, -0.15) is 0 Å². The molecule has 0 spiro atoms. The fraction of sp³-hybridized carbons (Fsp3) is 0.533. The van der Waals surface area contributed by atoms with Crippen molar-refractivity contribution in [2.75, 3.05) is 32.8 Å². The van der Waals surface area contributed by atoms with Crippen molar-refractivity contribution in [3.8, 4) is 5.75 Å². The Bertz CT molecular complexity index is 462. The lowest BCUT2D eigenvalue weighted by molar-refractivity contribution is 0.136. The highest BCUT2D eigenvalue weighted by molar-refractivity contribution is 5.74. The number of aliphatic hydroxyl groups is 1. The van der Waals surface area contributed by atoms with Crippen LogP contribution in [0.15, 0.2) is 24.3 Å². The Kier molecular flexibility index (Phi) is 5.80. The topological polar surface area (TPSA) is 61.8 Å². The number of benzene rings is 1. The van der Waals surface area contributed by atoms with Gasteiger partial charge in [0, 0.05) is 25.8 Å². The van der Waals surface area contributed by atoms with Crippen LogP contribution >= 0.6 is 0 Å². The van der Waals surface area contributed by atoms with Crippen LogP contribution in [0.2, 0.25) is 0 Å². The maximum atomic E-state index is 12.9. The first-order valence-electron chi connectivity index (χ1n) is 7.21. The van der Waals surface area contributed by atoms with E-state index in [0.29, 0.717) is 37.9 Å². The van der Waals surface area contributed by atoms with E-state index in [1.165, 1.54) is 12.1 Å². The van der Waals surface area contributed by atoms with Crippen LogP contribution in [0.4, 0.5) is 9.18 Å². The lowest BCUT2D eigenvalue weighted by Crippen LogP contribution is -2.45. The van der Waals surface area contributed by atoms with Crippen LogP contribution in [0.1, 0.15) is 12.8 Å². The number of likely N-dealkylation sites (tertiary alicyclic amines) is 1. The molecule has 0 unspecified atom stereocenters. The molecule has 1 fully saturated rings. The highest BCUT2D eigenvalue weighted by atomic mass is 19.1. The molecule has 0 aromatic heterocycles. The summed E-state index contributed by atoms with van der Waals surface area (Å²) in [5, 5.41) is 11.8. The second-order valence-corrected chi connectivity index (χ2v) is 5.15. The van der Waals surface area contributed by atoms with Gasteiger partial charge in [-0.25, -0.2) is 9.18 Å². The Labute approximate surface area is 123 Å². The first-order chi connectivity index (χ1) is 10.2. The van der Waals surface area contributed by atoms with Crippen molar-refractivity contribution in [1.29, 1.82) is 0 Å². The third kappa shape index (κ3) is 4.90. The summed E-state index contributed by atoms with van der Waals surface area (Å²) < 4.78 is 18.3. The van der Waals surface area contributed by atoms with Gasteiger partial charge in [-0.05, 0) is 30.9 Å². The van der Waals surface area contributed by atoms with Gasteiger partial charge in [-0.1, -0.05) is 6.07 Å². The molecule has 0 aliphatic carbocycles. The number of nitrogens with zero attached hydrogens (tertiary/aromatic N) is 1. The molecule has 1 aromatic rings. The van der Waals surface area contributed by atoms with Crippen LogP contribution in [0.3, 0.4) is 0 Å². The number of aliphatic hydroxyl groups excluding tert-OH is 1. The summed E-state index contributed by atoms with van der Waals surface area (Å²) in [7, 11) is 0. The molecule has 1 aliphatic rings. The molecule has 116 valence electrons. The van der Waals surface area contributed by atoms with Crippen LogP contribution in [0.25, 0.3) is 0 Å². The number of ether oxygens (including phenoxy) is 1. The van der Waals surface area contributed by atoms with Gasteiger partial charge in [-0.15, -0.1) is 0 Å². The number of piperidine rings is 1. The zero-order chi connectivity index (χ0) is 15.1. The highest BCUT2D eigenvalue weighted by Gasteiger charge is 2.21. The molecule has 0 saturated carbocycles. The molecule has 1 aliphatic heterocycles. The molecule has 2 rings (SSSR count). The van der Waals surface area contributed by atoms with Crippen LogP contribution in [-0.4, -0.2) is 48.9 Å². The quantitative estimate of drug-likeness (QED) is 0.812. The van der Waals surface area contributed by atoms with E-state index < -0.39 is 0 Å². The molecule has 6 heteroatoms. The molecule has 1 heterocycles. The number of hydrogen-bond donors (Lipinski definition) is 2. The van der Waals surface area contributed by atoms with Gasteiger partial charge < -0.3 is 20.1 Å². The number of carbonyl (C=O) groups excluding carboxylic acids is 1. The number of urea groups is 1. The van der Waals surface area contributed by atoms with Crippen molar-refractivity contribution >= 4 is 6.03 Å². The fourth-order valence-corrected chi connectivity index (χ4v) is 2.31. The summed E-state index contributed by atoms with van der Waals surface area (Å²) in [5.74, 6) is 0.418. The van der Waals surface area contributed by atoms with Crippen LogP contribution < -0.4 is 10.1 Å². The Morgan fingerprint density at radius 1 is 1.43 bits per heavy atom. The zero-order valence-corrected chi connectivity index (χ0v) is 11.9. The van der Waals surface area contributed by atoms with Crippen LogP contribution in [0, 0.1) is 11.7 Å². The maximum absolute atomic E-state index is 12.9. The van der Waals surface area contributed by atoms with E-state index in [0.717, 1.165) is 12.8 Å². The Morgan fingerprint density at radius 2 is 2.19 bits per heavy atom. The monoisotopic (exact) mass is 296 g/mol. The minimum atomic E-state index is -0.344. The normalized spacial score (nSPS) is 15.8. The van der Waals surface area contributed by atoms with Crippen molar-refractivity contribution in [2.45, 2.75) is 12.8 Å². The van der Waals surface area contributed by atoms with Crippen LogP contribution in [0.5, 0.6) is 5.75 Å². The van der Waals surface area contributed by atoms with Gasteiger partial charge in [0.2, 0.25) is 0 Å². The van der Waals surface area contributed by atoms with Crippen molar-refractivity contribution in [1.82, 2.24) is 10.2 Å². The highest BCUT2D eigenvalue weighted by Crippen LogP contribution is 2.16. The van der Waals surface area contributed by atoms with E-state index in [2.05, 4.69) is 5.32 Å². The fourth-order valence-electron chi connectivity index (χ4n) is 2.31. The standard InChI is InChI=1S/C15H21FN2O3/c16-13-2-1-3-14(10-13)21-9-6-17-15(20)18-7-4-12(11-19)5-8-18/h1-3,10,12,19H,4-9,11H2,(H,17,20). The van der Waals surface area contributed by atoms with Gasteiger partial charge >= 0.3 is 6.03 Å². The minimum absolute atomic E-state index is 0.116. The predicted molar refractivity (Wildman–Crippen MR) is 76.7 cm³/mol. The molecule has 1 aromatic carbocycles. The summed E-state index contributed by atoms with van der Waals surface area (Å²) in [4.78, 5) is 13.6. The molecule has 0 bridgehead atoms. The van der Waals surface area contributed by atoms with Gasteiger partial charge in [-0.3, -0.25) is 0 Å². The summed E-state index contributed by atoms with van der Waals surface area (Å²) in [5.41, 5.74) is 0. The third-order valence-corrected chi connectivity index (χ3v) is 3.60. The van der Waals surface area contributed by atoms with E-state index in [1.54, 1.807) is 17.0 Å². The van der Waals surface area contributed by atoms with E-state index in [-0.39, 0.29) is 18.5 Å². The van der Waals surface area contributed by atoms with E-state index in [1.807, 2.05) is 0 Å². The largest absolute Gasteiger partial charge is 0.492 e. The van der Waals surface area contributed by atoms with E-state index in [4.69, 9.17) is 9.84 Å². The molecule has 5 nitrogen and oxygen atoms in total. The van der Waals surface area contributed by atoms with Gasteiger partial charge in [0.05, 0.1) is 6.54 Å². The molecule has 21 heavy (non-hydrogen) atoms. The maximum Gasteiger partial charge on any atom is 0.317 e. The predicted octanol–water partition coefficient (Wildman–Crippen LogP) is 1.62. The van der Waals surface area contributed by atoms with Gasteiger partial charge in [0.15, 0.2) is 0 Å². The minimum Gasteiger partial charge on any atom is -0.492 e. The van der Waals surface area contributed by atoms with Gasteiger partial charge in [0.1, 0.15) is 18.2 Å². The Hall–Kier alpha value is -1.82. The Morgan fingerprint density at radius 3 is 2.86 bits per heavy atom.